The first-order valence-electron chi connectivity index (χ1n) is 12.9. The van der Waals surface area contributed by atoms with Gasteiger partial charge in [0.1, 0.15) is 5.69 Å². The molecule has 8 nitrogen and oxygen atoms in total. The normalized spacial score (nSPS) is 16.8. The molecule has 0 saturated carbocycles. The number of nitrogens with zero attached hydrogens (tertiary/aromatic N) is 5. The summed E-state index contributed by atoms with van der Waals surface area (Å²) in [6, 6.07) is 10.1. The van der Waals surface area contributed by atoms with E-state index in [1.54, 1.807) is 12.4 Å². The molecule has 1 aromatic carbocycles. The zero-order valence-corrected chi connectivity index (χ0v) is 22.4. The summed E-state index contributed by atoms with van der Waals surface area (Å²) in [6.45, 7) is 15.7. The summed E-state index contributed by atoms with van der Waals surface area (Å²) in [6.07, 6.45) is 6.51. The number of fused-ring (bicyclic) bond motifs is 1. The van der Waals surface area contributed by atoms with Crippen LogP contribution in [0.2, 0.25) is 0 Å². The number of rotatable bonds is 7. The van der Waals surface area contributed by atoms with E-state index in [9.17, 15) is 4.79 Å². The number of piperazine rings is 1. The molecule has 2 N–H and O–H groups in total. The number of allylic oxidation sites excluding steroid dienone is 1. The van der Waals surface area contributed by atoms with Crippen molar-refractivity contribution in [1.29, 1.82) is 0 Å². The van der Waals surface area contributed by atoms with Crippen LogP contribution < -0.4 is 5.32 Å². The zero-order valence-electron chi connectivity index (χ0n) is 22.4. The maximum Gasteiger partial charge on any atom is 0.270 e. The van der Waals surface area contributed by atoms with Crippen molar-refractivity contribution in [2.45, 2.75) is 54.0 Å². The number of hydrogen-bond donors (Lipinski definition) is 2. The predicted octanol–water partition coefficient (Wildman–Crippen LogP) is 5.74. The second-order valence-electron chi connectivity index (χ2n) is 8.57. The van der Waals surface area contributed by atoms with E-state index in [1.807, 2.05) is 69.0 Å². The predicted molar refractivity (Wildman–Crippen MR) is 150 cm³/mol. The third kappa shape index (κ3) is 6.37. The number of benzene rings is 1. The fraction of sp³-hybridized carbons (Fsp3) is 0.429. The lowest BCUT2D eigenvalue weighted by Gasteiger charge is -2.39. The molecule has 0 radical (unpaired) electrons. The van der Waals surface area contributed by atoms with Gasteiger partial charge < -0.3 is 15.2 Å². The minimum absolute atomic E-state index is 0.0557. The van der Waals surface area contributed by atoms with Gasteiger partial charge in [0, 0.05) is 54.7 Å². The van der Waals surface area contributed by atoms with E-state index < -0.39 is 0 Å². The van der Waals surface area contributed by atoms with Crippen LogP contribution in [-0.2, 0) is 0 Å². The Morgan fingerprint density at radius 3 is 2.72 bits per heavy atom. The molecule has 3 aromatic rings. The highest BCUT2D eigenvalue weighted by molar-refractivity contribution is 5.98. The van der Waals surface area contributed by atoms with Crippen molar-refractivity contribution in [3.63, 3.8) is 0 Å². The molecule has 1 fully saturated rings. The van der Waals surface area contributed by atoms with Crippen molar-refractivity contribution in [2.24, 2.45) is 4.99 Å². The molecular weight excluding hydrogens is 450 g/mol. The Kier molecular flexibility index (Phi) is 9.76. The van der Waals surface area contributed by atoms with Gasteiger partial charge in [0.2, 0.25) is 5.95 Å². The van der Waals surface area contributed by atoms with Crippen LogP contribution in [0, 0.1) is 0 Å². The van der Waals surface area contributed by atoms with Gasteiger partial charge in [-0.3, -0.25) is 14.7 Å². The molecule has 8 heteroatoms. The van der Waals surface area contributed by atoms with E-state index in [2.05, 4.69) is 44.0 Å². The van der Waals surface area contributed by atoms with Crippen molar-refractivity contribution in [3.05, 3.63) is 54.0 Å². The van der Waals surface area contributed by atoms with E-state index in [0.717, 1.165) is 60.6 Å². The van der Waals surface area contributed by atoms with Crippen LogP contribution in [0.25, 0.3) is 16.6 Å². The highest BCUT2D eigenvalue weighted by Gasteiger charge is 2.27. The molecular formula is C28H39N7O. The fourth-order valence-electron chi connectivity index (χ4n) is 4.41. The topological polar surface area (TPSA) is 89.5 Å². The number of aromatic amines is 1. The Balaban J connectivity index is 0.00000176. The molecule has 36 heavy (non-hydrogen) atoms. The average Bonchev–Trinajstić information content (AvgIpc) is 3.33. The molecule has 3 heterocycles. The second kappa shape index (κ2) is 13.0. The fourth-order valence-corrected chi connectivity index (χ4v) is 4.41. The Labute approximate surface area is 214 Å². The Hall–Kier alpha value is -3.52. The van der Waals surface area contributed by atoms with Gasteiger partial charge in [-0.2, -0.15) is 0 Å². The lowest BCUT2D eigenvalue weighted by Crippen LogP contribution is -2.53. The number of amides is 1. The molecule has 0 bridgehead atoms. The van der Waals surface area contributed by atoms with Crippen molar-refractivity contribution in [1.82, 2.24) is 24.8 Å². The van der Waals surface area contributed by atoms with Gasteiger partial charge in [0.15, 0.2) is 0 Å². The van der Waals surface area contributed by atoms with Gasteiger partial charge in [-0.25, -0.2) is 9.97 Å². The maximum atomic E-state index is 13.2. The number of hydrogen-bond acceptors (Lipinski definition) is 6. The maximum absolute atomic E-state index is 13.2. The standard InChI is InChI=1S/C26H33N7O.C2H6/c1-5-12-32-13-14-33(17-18(32)4)25(34)24-16-19-15-20(8-9-22(19)30-24)29-26-28-11-10-23(31-26)21(6-2)27-7-3;1-2/h6-11,15-16,18,30H,5,12-14,17H2,1-4H3,(H,28,29,31);1-2H3/b21-6-,27-7?;. The van der Waals surface area contributed by atoms with Crippen molar-refractivity contribution in [3.8, 4) is 0 Å². The van der Waals surface area contributed by atoms with Crippen molar-refractivity contribution >= 4 is 40.4 Å². The smallest absolute Gasteiger partial charge is 0.270 e. The molecule has 0 spiro atoms. The number of H-pyrrole nitrogens is 1. The largest absolute Gasteiger partial charge is 0.351 e. The van der Waals surface area contributed by atoms with Gasteiger partial charge in [-0.15, -0.1) is 0 Å². The average molecular weight is 490 g/mol. The highest BCUT2D eigenvalue weighted by Crippen LogP contribution is 2.24. The number of aliphatic imine (C=N–C) groups is 1. The van der Waals surface area contributed by atoms with E-state index >= 15 is 0 Å². The van der Waals surface area contributed by atoms with E-state index in [1.165, 1.54) is 0 Å². The van der Waals surface area contributed by atoms with Crippen LogP contribution in [0.5, 0.6) is 0 Å². The number of nitrogens with one attached hydrogen (secondary N) is 2. The Bertz CT molecular complexity index is 1210. The monoisotopic (exact) mass is 489 g/mol. The number of carbonyl (C=O) groups is 1. The highest BCUT2D eigenvalue weighted by atomic mass is 16.2. The molecule has 1 aliphatic heterocycles. The first-order chi connectivity index (χ1) is 17.5. The van der Waals surface area contributed by atoms with Gasteiger partial charge in [0.25, 0.3) is 5.91 Å². The van der Waals surface area contributed by atoms with Gasteiger partial charge in [-0.05, 0) is 64.1 Å². The summed E-state index contributed by atoms with van der Waals surface area (Å²) in [5.41, 5.74) is 3.95. The lowest BCUT2D eigenvalue weighted by molar-refractivity contribution is 0.0511. The minimum atomic E-state index is 0.0557. The second-order valence-corrected chi connectivity index (χ2v) is 8.57. The molecule has 1 amide bonds. The number of anilines is 2. The van der Waals surface area contributed by atoms with Gasteiger partial charge >= 0.3 is 0 Å². The van der Waals surface area contributed by atoms with Crippen molar-refractivity contribution < 1.29 is 4.79 Å². The van der Waals surface area contributed by atoms with E-state index in [0.29, 0.717) is 17.7 Å². The quantitative estimate of drug-likeness (QED) is 0.413. The Morgan fingerprint density at radius 1 is 1.22 bits per heavy atom. The molecule has 192 valence electrons. The summed E-state index contributed by atoms with van der Waals surface area (Å²) >= 11 is 0. The first-order valence-corrected chi connectivity index (χ1v) is 12.9. The molecule has 1 unspecified atom stereocenters. The molecule has 1 saturated heterocycles. The van der Waals surface area contributed by atoms with Crippen LogP contribution in [0.15, 0.2) is 47.6 Å². The summed E-state index contributed by atoms with van der Waals surface area (Å²) in [5, 5.41) is 4.23. The summed E-state index contributed by atoms with van der Waals surface area (Å²) in [4.78, 5) is 34.1. The molecule has 2 aromatic heterocycles. The van der Waals surface area contributed by atoms with E-state index in [-0.39, 0.29) is 5.91 Å². The molecule has 1 aliphatic rings. The molecule has 4 rings (SSSR count). The first kappa shape index (κ1) is 27.1. The van der Waals surface area contributed by atoms with Gasteiger partial charge in [-0.1, -0.05) is 26.8 Å². The van der Waals surface area contributed by atoms with Crippen molar-refractivity contribution in [2.75, 3.05) is 31.5 Å². The molecule has 1 atom stereocenters. The number of aromatic nitrogens is 3. The minimum Gasteiger partial charge on any atom is -0.351 e. The lowest BCUT2D eigenvalue weighted by atomic mass is 10.1. The SMILES string of the molecule is CC.CC=N/C(=C\C)c1ccnc(Nc2ccc3[nH]c(C(=O)N4CCN(CCC)C(C)C4)cc3c2)n1. The van der Waals surface area contributed by atoms with Crippen LogP contribution in [0.4, 0.5) is 11.6 Å². The van der Waals surface area contributed by atoms with Crippen LogP contribution in [0.3, 0.4) is 0 Å². The third-order valence-corrected chi connectivity index (χ3v) is 6.13. The third-order valence-electron chi connectivity index (χ3n) is 6.13. The van der Waals surface area contributed by atoms with E-state index in [4.69, 9.17) is 0 Å². The van der Waals surface area contributed by atoms with Crippen LogP contribution in [-0.4, -0.2) is 69.1 Å². The Morgan fingerprint density at radius 2 is 2.03 bits per heavy atom. The number of carbonyl (C=O) groups excluding carboxylic acids is 1. The van der Waals surface area contributed by atoms with Crippen LogP contribution >= 0.6 is 0 Å². The summed E-state index contributed by atoms with van der Waals surface area (Å²) < 4.78 is 0. The molecule has 0 aliphatic carbocycles. The summed E-state index contributed by atoms with van der Waals surface area (Å²) in [7, 11) is 0. The van der Waals surface area contributed by atoms with Gasteiger partial charge in [0.05, 0.1) is 11.4 Å². The zero-order chi connectivity index (χ0) is 26.1. The van der Waals surface area contributed by atoms with Crippen LogP contribution in [0.1, 0.15) is 64.1 Å². The summed E-state index contributed by atoms with van der Waals surface area (Å²) in [5.74, 6) is 0.549.